The number of aliphatic hydroxyl groups excluding tert-OH is 1. The van der Waals surface area contributed by atoms with Crippen molar-refractivity contribution in [3.05, 3.63) is 42.0 Å². The van der Waals surface area contributed by atoms with Crippen LogP contribution in [0.5, 0.6) is 0 Å². The SMILES string of the molecule is CCC(CO)NC(=O)/C=C(/c1ccccc1)C(F)(F)F. The molecule has 0 heterocycles. The summed E-state index contributed by atoms with van der Waals surface area (Å²) in [4.78, 5) is 11.6. The maximum Gasteiger partial charge on any atom is 0.417 e. The zero-order valence-electron chi connectivity index (χ0n) is 10.9. The van der Waals surface area contributed by atoms with E-state index in [1.807, 2.05) is 0 Å². The van der Waals surface area contributed by atoms with E-state index in [0.717, 1.165) is 0 Å². The summed E-state index contributed by atoms with van der Waals surface area (Å²) in [7, 11) is 0. The first-order valence-electron chi connectivity index (χ1n) is 6.14. The molecule has 1 rings (SSSR count). The van der Waals surface area contributed by atoms with E-state index in [1.165, 1.54) is 24.3 Å². The van der Waals surface area contributed by atoms with E-state index >= 15 is 0 Å². The number of hydrogen-bond acceptors (Lipinski definition) is 2. The van der Waals surface area contributed by atoms with Gasteiger partial charge in [0.25, 0.3) is 0 Å². The smallest absolute Gasteiger partial charge is 0.394 e. The molecule has 2 N–H and O–H groups in total. The molecular formula is C14H16F3NO2. The van der Waals surface area contributed by atoms with Crippen LogP contribution in [-0.2, 0) is 4.79 Å². The summed E-state index contributed by atoms with van der Waals surface area (Å²) in [5.74, 6) is -0.873. The Hall–Kier alpha value is -1.82. The van der Waals surface area contributed by atoms with Crippen LogP contribution in [0.1, 0.15) is 18.9 Å². The first-order chi connectivity index (χ1) is 9.38. The van der Waals surface area contributed by atoms with E-state index in [0.29, 0.717) is 12.5 Å². The number of alkyl halides is 3. The average Bonchev–Trinajstić information content (AvgIpc) is 2.42. The maximum absolute atomic E-state index is 13.0. The van der Waals surface area contributed by atoms with Crippen molar-refractivity contribution in [2.75, 3.05) is 6.61 Å². The fraction of sp³-hybridized carbons (Fsp3) is 0.357. The third-order valence-corrected chi connectivity index (χ3v) is 2.73. The standard InChI is InChI=1S/C14H16F3NO2/c1-2-11(9-19)18-13(20)8-12(14(15,16)17)10-6-4-3-5-7-10/h3-8,11,19H,2,9H2,1H3,(H,18,20)/b12-8-. The predicted octanol–water partition coefficient (Wildman–Crippen LogP) is 2.52. The number of aliphatic hydroxyl groups is 1. The van der Waals surface area contributed by atoms with E-state index in [4.69, 9.17) is 5.11 Å². The van der Waals surface area contributed by atoms with Gasteiger partial charge in [-0.3, -0.25) is 4.79 Å². The molecule has 20 heavy (non-hydrogen) atoms. The Bertz CT molecular complexity index is 465. The van der Waals surface area contributed by atoms with Crippen molar-refractivity contribution in [1.29, 1.82) is 0 Å². The van der Waals surface area contributed by atoms with Gasteiger partial charge in [0.15, 0.2) is 0 Å². The van der Waals surface area contributed by atoms with E-state index in [1.54, 1.807) is 13.0 Å². The molecule has 0 saturated heterocycles. The number of carbonyl (C=O) groups excluding carboxylic acids is 1. The Morgan fingerprint density at radius 1 is 1.35 bits per heavy atom. The van der Waals surface area contributed by atoms with Crippen LogP contribution in [0.4, 0.5) is 13.2 Å². The molecule has 110 valence electrons. The van der Waals surface area contributed by atoms with E-state index < -0.39 is 23.7 Å². The summed E-state index contributed by atoms with van der Waals surface area (Å²) >= 11 is 0. The lowest BCUT2D eigenvalue weighted by atomic mass is 10.0. The van der Waals surface area contributed by atoms with Gasteiger partial charge in [-0.2, -0.15) is 13.2 Å². The highest BCUT2D eigenvalue weighted by Crippen LogP contribution is 2.33. The van der Waals surface area contributed by atoms with Crippen molar-refractivity contribution < 1.29 is 23.1 Å². The summed E-state index contributed by atoms with van der Waals surface area (Å²) in [6.45, 7) is 1.40. The second-order valence-corrected chi connectivity index (χ2v) is 4.22. The van der Waals surface area contributed by atoms with Gasteiger partial charge >= 0.3 is 6.18 Å². The lowest BCUT2D eigenvalue weighted by Gasteiger charge is -2.15. The molecule has 0 aromatic heterocycles. The summed E-state index contributed by atoms with van der Waals surface area (Å²) in [5.41, 5.74) is -1.09. The molecule has 3 nitrogen and oxygen atoms in total. The molecule has 6 heteroatoms. The molecule has 0 radical (unpaired) electrons. The van der Waals surface area contributed by atoms with Crippen LogP contribution in [-0.4, -0.2) is 29.8 Å². The number of halogens is 3. The first kappa shape index (κ1) is 16.2. The summed E-state index contributed by atoms with van der Waals surface area (Å²) in [6, 6.07) is 6.55. The van der Waals surface area contributed by atoms with Crippen molar-refractivity contribution in [3.63, 3.8) is 0 Å². The molecule has 1 aromatic rings. The van der Waals surface area contributed by atoms with Crippen molar-refractivity contribution >= 4 is 11.5 Å². The van der Waals surface area contributed by atoms with Gasteiger partial charge in [-0.25, -0.2) is 0 Å². The van der Waals surface area contributed by atoms with Crippen LogP contribution in [0.15, 0.2) is 36.4 Å². The minimum atomic E-state index is -4.63. The Morgan fingerprint density at radius 3 is 2.40 bits per heavy atom. The van der Waals surface area contributed by atoms with E-state index in [9.17, 15) is 18.0 Å². The van der Waals surface area contributed by atoms with Crippen LogP contribution >= 0.6 is 0 Å². The Balaban J connectivity index is 3.01. The van der Waals surface area contributed by atoms with Crippen LogP contribution in [0.25, 0.3) is 5.57 Å². The minimum Gasteiger partial charge on any atom is -0.394 e. The number of amides is 1. The van der Waals surface area contributed by atoms with Gasteiger partial charge < -0.3 is 10.4 Å². The lowest BCUT2D eigenvalue weighted by molar-refractivity contribution is -0.118. The summed E-state index contributed by atoms with van der Waals surface area (Å²) in [5, 5.41) is 11.3. The van der Waals surface area contributed by atoms with Crippen molar-refractivity contribution in [2.24, 2.45) is 0 Å². The number of rotatable bonds is 5. The molecule has 0 saturated carbocycles. The number of benzene rings is 1. The molecule has 0 aliphatic heterocycles. The van der Waals surface area contributed by atoms with Crippen LogP contribution < -0.4 is 5.32 Å². The molecule has 1 atom stereocenters. The zero-order valence-corrected chi connectivity index (χ0v) is 10.9. The topological polar surface area (TPSA) is 49.3 Å². The monoisotopic (exact) mass is 287 g/mol. The molecule has 0 spiro atoms. The molecular weight excluding hydrogens is 271 g/mol. The summed E-state index contributed by atoms with van der Waals surface area (Å²) < 4.78 is 38.9. The molecule has 0 aliphatic carbocycles. The largest absolute Gasteiger partial charge is 0.417 e. The van der Waals surface area contributed by atoms with Gasteiger partial charge in [0, 0.05) is 6.08 Å². The predicted molar refractivity (Wildman–Crippen MR) is 69.8 cm³/mol. The molecule has 0 fully saturated rings. The van der Waals surface area contributed by atoms with Gasteiger partial charge in [-0.1, -0.05) is 37.3 Å². The highest BCUT2D eigenvalue weighted by Gasteiger charge is 2.35. The Kier molecular flexibility index (Phi) is 5.76. The second-order valence-electron chi connectivity index (χ2n) is 4.22. The molecule has 0 bridgehead atoms. The van der Waals surface area contributed by atoms with Crippen molar-refractivity contribution in [3.8, 4) is 0 Å². The molecule has 0 aliphatic rings. The van der Waals surface area contributed by atoms with Crippen LogP contribution in [0, 0.1) is 0 Å². The van der Waals surface area contributed by atoms with Gasteiger partial charge in [-0.15, -0.1) is 0 Å². The molecule has 1 unspecified atom stereocenters. The van der Waals surface area contributed by atoms with Crippen LogP contribution in [0.3, 0.4) is 0 Å². The first-order valence-corrected chi connectivity index (χ1v) is 6.14. The lowest BCUT2D eigenvalue weighted by Crippen LogP contribution is -2.36. The van der Waals surface area contributed by atoms with Crippen molar-refractivity contribution in [2.45, 2.75) is 25.6 Å². The number of hydrogen-bond donors (Lipinski definition) is 2. The minimum absolute atomic E-state index is 0.0767. The van der Waals surface area contributed by atoms with Gasteiger partial charge in [0.05, 0.1) is 18.2 Å². The fourth-order valence-electron chi connectivity index (χ4n) is 1.60. The number of carbonyl (C=O) groups is 1. The average molecular weight is 287 g/mol. The highest BCUT2D eigenvalue weighted by atomic mass is 19.4. The molecule has 1 amide bonds. The van der Waals surface area contributed by atoms with E-state index in [-0.39, 0.29) is 12.2 Å². The number of allylic oxidation sites excluding steroid dienone is 1. The normalized spacial score (nSPS) is 13.9. The van der Waals surface area contributed by atoms with Gasteiger partial charge in [0.1, 0.15) is 0 Å². The van der Waals surface area contributed by atoms with Crippen molar-refractivity contribution in [1.82, 2.24) is 5.32 Å². The molecule has 1 aromatic carbocycles. The second kappa shape index (κ2) is 7.09. The fourth-order valence-corrected chi connectivity index (χ4v) is 1.60. The maximum atomic E-state index is 13.0. The van der Waals surface area contributed by atoms with E-state index in [2.05, 4.69) is 5.32 Å². The Labute approximate surface area is 115 Å². The Morgan fingerprint density at radius 2 is 1.95 bits per heavy atom. The van der Waals surface area contributed by atoms with Crippen LogP contribution in [0.2, 0.25) is 0 Å². The zero-order chi connectivity index (χ0) is 15.2. The highest BCUT2D eigenvalue weighted by molar-refractivity contribution is 5.96. The van der Waals surface area contributed by atoms with Gasteiger partial charge in [-0.05, 0) is 12.0 Å². The number of nitrogens with one attached hydrogen (secondary N) is 1. The third-order valence-electron chi connectivity index (χ3n) is 2.73. The summed E-state index contributed by atoms with van der Waals surface area (Å²) in [6.07, 6.45) is -3.67. The van der Waals surface area contributed by atoms with Gasteiger partial charge in [0.2, 0.25) is 5.91 Å². The third kappa shape index (κ3) is 4.70. The quantitative estimate of drug-likeness (QED) is 0.818.